The molecule has 2 aromatic rings. The monoisotopic (exact) mass is 383 g/mol. The Hall–Kier alpha value is -3.03. The van der Waals surface area contributed by atoms with Crippen molar-refractivity contribution in [1.29, 1.82) is 0 Å². The third kappa shape index (κ3) is 3.95. The van der Waals surface area contributed by atoms with Crippen LogP contribution in [0.3, 0.4) is 0 Å². The standard InChI is InChI=1S/C20H25N5O3/c1-2-24-17-7-6-15(12-18(17)28-13-19(24)26)23-20(27)21-9-3-11-25-16(8-10-22-25)14-4-5-14/h6-8,10,12,14H,2-5,9,11,13H2,1H3,(H2,21,23,27). The van der Waals surface area contributed by atoms with Crippen molar-refractivity contribution in [3.8, 4) is 5.75 Å². The van der Waals surface area contributed by atoms with Gasteiger partial charge in [-0.2, -0.15) is 5.10 Å². The van der Waals surface area contributed by atoms with Crippen LogP contribution in [0.4, 0.5) is 16.2 Å². The number of nitrogens with one attached hydrogen (secondary N) is 2. The van der Waals surface area contributed by atoms with Crippen molar-refractivity contribution in [3.05, 3.63) is 36.2 Å². The average molecular weight is 383 g/mol. The number of ether oxygens (including phenoxy) is 1. The lowest BCUT2D eigenvalue weighted by Gasteiger charge is -2.28. The Morgan fingerprint density at radius 1 is 1.32 bits per heavy atom. The summed E-state index contributed by atoms with van der Waals surface area (Å²) in [6, 6.07) is 7.14. The molecule has 0 radical (unpaired) electrons. The topological polar surface area (TPSA) is 88.5 Å². The molecule has 1 aromatic carbocycles. The highest BCUT2D eigenvalue weighted by Crippen LogP contribution is 2.39. The highest BCUT2D eigenvalue weighted by Gasteiger charge is 2.26. The number of likely N-dealkylation sites (N-methyl/N-ethyl adjacent to an activating group) is 1. The fourth-order valence-corrected chi connectivity index (χ4v) is 3.49. The van der Waals surface area contributed by atoms with Crippen molar-refractivity contribution in [3.63, 3.8) is 0 Å². The van der Waals surface area contributed by atoms with Gasteiger partial charge in [0.1, 0.15) is 5.75 Å². The Morgan fingerprint density at radius 2 is 2.18 bits per heavy atom. The maximum atomic E-state index is 12.1. The van der Waals surface area contributed by atoms with Crippen LogP contribution in [0.25, 0.3) is 0 Å². The number of aromatic nitrogens is 2. The van der Waals surface area contributed by atoms with E-state index in [1.807, 2.05) is 17.8 Å². The van der Waals surface area contributed by atoms with Crippen LogP contribution in [0.15, 0.2) is 30.5 Å². The van der Waals surface area contributed by atoms with Gasteiger partial charge in [0.05, 0.1) is 5.69 Å². The lowest BCUT2D eigenvalue weighted by atomic mass is 10.2. The normalized spacial score (nSPS) is 15.8. The quantitative estimate of drug-likeness (QED) is 0.720. The first-order valence-corrected chi connectivity index (χ1v) is 9.79. The van der Waals surface area contributed by atoms with E-state index in [0.29, 0.717) is 30.4 Å². The first kappa shape index (κ1) is 18.3. The second kappa shape index (κ2) is 7.92. The SMILES string of the molecule is CCN1C(=O)COc2cc(NC(=O)NCCCn3nccc3C3CC3)ccc21. The highest BCUT2D eigenvalue weighted by molar-refractivity contribution is 5.98. The predicted octanol–water partition coefficient (Wildman–Crippen LogP) is 2.72. The number of amides is 3. The Bertz CT molecular complexity index is 874. The molecule has 0 bridgehead atoms. The van der Waals surface area contributed by atoms with E-state index >= 15 is 0 Å². The van der Waals surface area contributed by atoms with Crippen LogP contribution in [0.1, 0.15) is 37.8 Å². The number of anilines is 2. The molecule has 2 heterocycles. The van der Waals surface area contributed by atoms with E-state index in [1.165, 1.54) is 18.5 Å². The molecule has 1 saturated carbocycles. The van der Waals surface area contributed by atoms with Gasteiger partial charge in [-0.15, -0.1) is 0 Å². The number of aryl methyl sites for hydroxylation is 1. The Labute approximate surface area is 163 Å². The smallest absolute Gasteiger partial charge is 0.319 e. The highest BCUT2D eigenvalue weighted by atomic mass is 16.5. The molecule has 1 aliphatic heterocycles. The Morgan fingerprint density at radius 3 is 2.96 bits per heavy atom. The lowest BCUT2D eigenvalue weighted by Crippen LogP contribution is -2.38. The third-order valence-corrected chi connectivity index (χ3v) is 5.05. The van der Waals surface area contributed by atoms with E-state index in [0.717, 1.165) is 18.7 Å². The maximum absolute atomic E-state index is 12.1. The number of hydrogen-bond donors (Lipinski definition) is 2. The number of carbonyl (C=O) groups is 2. The molecule has 0 spiro atoms. The number of fused-ring (bicyclic) bond motifs is 1. The summed E-state index contributed by atoms with van der Waals surface area (Å²) in [4.78, 5) is 25.7. The third-order valence-electron chi connectivity index (χ3n) is 5.05. The van der Waals surface area contributed by atoms with Crippen LogP contribution in [0, 0.1) is 0 Å². The molecular weight excluding hydrogens is 358 g/mol. The number of rotatable bonds is 7. The van der Waals surface area contributed by atoms with E-state index in [1.54, 1.807) is 23.1 Å². The van der Waals surface area contributed by atoms with E-state index in [4.69, 9.17) is 4.74 Å². The summed E-state index contributed by atoms with van der Waals surface area (Å²) in [7, 11) is 0. The van der Waals surface area contributed by atoms with Gasteiger partial charge >= 0.3 is 6.03 Å². The fourth-order valence-electron chi connectivity index (χ4n) is 3.49. The summed E-state index contributed by atoms with van der Waals surface area (Å²) in [5.74, 6) is 1.21. The van der Waals surface area contributed by atoms with Gasteiger partial charge in [-0.3, -0.25) is 9.48 Å². The van der Waals surface area contributed by atoms with Crippen molar-refractivity contribution in [2.24, 2.45) is 0 Å². The molecule has 3 amide bonds. The number of benzene rings is 1. The van der Waals surface area contributed by atoms with Crippen LogP contribution >= 0.6 is 0 Å². The summed E-state index contributed by atoms with van der Waals surface area (Å²) in [6.07, 6.45) is 5.16. The van der Waals surface area contributed by atoms with Gasteiger partial charge in [0, 0.05) is 49.2 Å². The number of carbonyl (C=O) groups excluding carboxylic acids is 2. The number of urea groups is 1. The van der Waals surface area contributed by atoms with Gasteiger partial charge in [-0.05, 0) is 44.4 Å². The molecule has 2 aliphatic rings. The molecule has 8 heteroatoms. The zero-order valence-electron chi connectivity index (χ0n) is 16.0. The molecule has 4 rings (SSSR count). The van der Waals surface area contributed by atoms with Crippen LogP contribution < -0.4 is 20.3 Å². The number of nitrogens with zero attached hydrogens (tertiary/aromatic N) is 3. The lowest BCUT2D eigenvalue weighted by molar-refractivity contribution is -0.121. The second-order valence-electron chi connectivity index (χ2n) is 7.10. The van der Waals surface area contributed by atoms with Crippen LogP contribution in [0.2, 0.25) is 0 Å². The summed E-state index contributed by atoms with van der Waals surface area (Å²) in [6.45, 7) is 3.89. The van der Waals surface area contributed by atoms with Crippen LogP contribution in [-0.4, -0.2) is 41.4 Å². The maximum Gasteiger partial charge on any atom is 0.319 e. The molecule has 1 fully saturated rings. The van der Waals surface area contributed by atoms with Crippen LogP contribution in [-0.2, 0) is 11.3 Å². The van der Waals surface area contributed by atoms with Gasteiger partial charge in [0.2, 0.25) is 0 Å². The van der Waals surface area contributed by atoms with Gasteiger partial charge in [0.25, 0.3) is 5.91 Å². The largest absolute Gasteiger partial charge is 0.481 e. The molecule has 0 unspecified atom stereocenters. The zero-order chi connectivity index (χ0) is 19.5. The summed E-state index contributed by atoms with van der Waals surface area (Å²) < 4.78 is 7.53. The molecule has 148 valence electrons. The first-order valence-electron chi connectivity index (χ1n) is 9.79. The molecule has 1 aliphatic carbocycles. The van der Waals surface area contributed by atoms with E-state index < -0.39 is 0 Å². The van der Waals surface area contributed by atoms with Gasteiger partial charge in [-0.25, -0.2) is 4.79 Å². The minimum absolute atomic E-state index is 0.0206. The molecule has 0 atom stereocenters. The Balaban J connectivity index is 1.26. The Kier molecular flexibility index (Phi) is 5.18. The summed E-state index contributed by atoms with van der Waals surface area (Å²) in [5, 5.41) is 10.0. The fraction of sp³-hybridized carbons (Fsp3) is 0.450. The minimum Gasteiger partial charge on any atom is -0.481 e. The number of hydrogen-bond acceptors (Lipinski definition) is 4. The summed E-state index contributed by atoms with van der Waals surface area (Å²) in [5.41, 5.74) is 2.67. The summed E-state index contributed by atoms with van der Waals surface area (Å²) >= 11 is 0. The second-order valence-corrected chi connectivity index (χ2v) is 7.10. The average Bonchev–Trinajstić information content (AvgIpc) is 3.43. The zero-order valence-corrected chi connectivity index (χ0v) is 16.0. The van der Waals surface area contributed by atoms with E-state index in [-0.39, 0.29) is 18.5 Å². The van der Waals surface area contributed by atoms with Gasteiger partial charge in [0.15, 0.2) is 6.61 Å². The predicted molar refractivity (Wildman–Crippen MR) is 106 cm³/mol. The van der Waals surface area contributed by atoms with Crippen LogP contribution in [0.5, 0.6) is 5.75 Å². The minimum atomic E-state index is -0.262. The van der Waals surface area contributed by atoms with Crippen molar-refractivity contribution >= 4 is 23.3 Å². The van der Waals surface area contributed by atoms with Crippen molar-refractivity contribution in [2.75, 3.05) is 29.9 Å². The molecule has 28 heavy (non-hydrogen) atoms. The van der Waals surface area contributed by atoms with Crippen molar-refractivity contribution in [1.82, 2.24) is 15.1 Å². The molecular formula is C20H25N5O3. The van der Waals surface area contributed by atoms with E-state index in [9.17, 15) is 9.59 Å². The van der Waals surface area contributed by atoms with Gasteiger partial charge < -0.3 is 20.3 Å². The van der Waals surface area contributed by atoms with Gasteiger partial charge in [-0.1, -0.05) is 0 Å². The molecule has 8 nitrogen and oxygen atoms in total. The van der Waals surface area contributed by atoms with Crippen molar-refractivity contribution < 1.29 is 14.3 Å². The molecule has 2 N–H and O–H groups in total. The molecule has 0 saturated heterocycles. The van der Waals surface area contributed by atoms with Crippen molar-refractivity contribution in [2.45, 2.75) is 38.6 Å². The first-order chi connectivity index (χ1) is 13.7. The van der Waals surface area contributed by atoms with E-state index in [2.05, 4.69) is 21.8 Å². The molecule has 1 aromatic heterocycles.